The van der Waals surface area contributed by atoms with Crippen LogP contribution >= 0.6 is 0 Å². The monoisotopic (exact) mass is 392 g/mol. The molecule has 1 fully saturated rings. The van der Waals surface area contributed by atoms with E-state index in [9.17, 15) is 9.90 Å². The van der Waals surface area contributed by atoms with Crippen LogP contribution in [0.2, 0.25) is 0 Å². The maximum absolute atomic E-state index is 11.8. The van der Waals surface area contributed by atoms with E-state index in [1.807, 2.05) is 6.07 Å². The lowest BCUT2D eigenvalue weighted by Gasteiger charge is -2.29. The molecule has 0 atom stereocenters. The van der Waals surface area contributed by atoms with E-state index in [0.29, 0.717) is 11.5 Å². The number of hydrogen-bond donors (Lipinski definition) is 1. The minimum atomic E-state index is -0.842. The molecule has 2 nitrogen and oxygen atoms in total. The first kappa shape index (κ1) is 21.6. The van der Waals surface area contributed by atoms with Gasteiger partial charge in [0.25, 0.3) is 0 Å². The van der Waals surface area contributed by atoms with E-state index < -0.39 is 5.97 Å². The number of aromatic carboxylic acids is 1. The van der Waals surface area contributed by atoms with Crippen LogP contribution in [0.25, 0.3) is 11.1 Å². The summed E-state index contributed by atoms with van der Waals surface area (Å²) in [7, 11) is 0. The molecule has 0 saturated heterocycles. The zero-order valence-electron chi connectivity index (χ0n) is 18.1. The molecule has 0 unspecified atom stereocenters. The van der Waals surface area contributed by atoms with Crippen molar-refractivity contribution >= 4 is 5.97 Å². The molecule has 0 bridgehead atoms. The van der Waals surface area contributed by atoms with Crippen molar-refractivity contribution in [2.24, 2.45) is 5.92 Å². The van der Waals surface area contributed by atoms with Gasteiger partial charge in [-0.15, -0.1) is 0 Å². The van der Waals surface area contributed by atoms with Gasteiger partial charge in [-0.1, -0.05) is 75.9 Å². The molecular formula is C27H36O2. The van der Waals surface area contributed by atoms with Gasteiger partial charge < -0.3 is 5.11 Å². The van der Waals surface area contributed by atoms with Crippen LogP contribution in [0.3, 0.4) is 0 Å². The second-order valence-corrected chi connectivity index (χ2v) is 8.77. The number of aryl methyl sites for hydroxylation is 1. The topological polar surface area (TPSA) is 37.3 Å². The van der Waals surface area contributed by atoms with E-state index in [0.717, 1.165) is 23.5 Å². The normalized spacial score (nSPS) is 19.2. The van der Waals surface area contributed by atoms with Crippen LogP contribution in [0, 0.1) is 5.92 Å². The minimum absolute atomic E-state index is 0.409. The molecule has 2 heteroatoms. The summed E-state index contributed by atoms with van der Waals surface area (Å²) in [6, 6.07) is 14.6. The van der Waals surface area contributed by atoms with Gasteiger partial charge in [0.1, 0.15) is 0 Å². The molecule has 0 aromatic heterocycles. The fraction of sp³-hybridized carbons (Fsp3) is 0.519. The molecule has 29 heavy (non-hydrogen) atoms. The number of benzene rings is 2. The van der Waals surface area contributed by atoms with E-state index in [4.69, 9.17) is 0 Å². The molecular weight excluding hydrogens is 356 g/mol. The lowest BCUT2D eigenvalue weighted by molar-refractivity contribution is 0.0697. The van der Waals surface area contributed by atoms with Gasteiger partial charge in [0.15, 0.2) is 0 Å². The Labute approximate surface area is 176 Å². The van der Waals surface area contributed by atoms with Gasteiger partial charge in [0, 0.05) is 0 Å². The van der Waals surface area contributed by atoms with Crippen LogP contribution in [0.15, 0.2) is 42.5 Å². The molecule has 1 saturated carbocycles. The van der Waals surface area contributed by atoms with Crippen LogP contribution < -0.4 is 0 Å². The third kappa shape index (κ3) is 5.72. The first-order valence-corrected chi connectivity index (χ1v) is 11.6. The first-order valence-electron chi connectivity index (χ1n) is 11.6. The van der Waals surface area contributed by atoms with Crippen molar-refractivity contribution in [1.29, 1.82) is 0 Å². The fourth-order valence-electron chi connectivity index (χ4n) is 4.86. The Morgan fingerprint density at radius 3 is 2.28 bits per heavy atom. The summed E-state index contributed by atoms with van der Waals surface area (Å²) in [5, 5.41) is 9.72. The maximum atomic E-state index is 11.8. The van der Waals surface area contributed by atoms with E-state index in [-0.39, 0.29) is 0 Å². The molecule has 3 rings (SSSR count). The molecule has 1 aliphatic carbocycles. The van der Waals surface area contributed by atoms with Gasteiger partial charge in [-0.25, -0.2) is 4.79 Å². The van der Waals surface area contributed by atoms with Gasteiger partial charge in [-0.2, -0.15) is 0 Å². The average Bonchev–Trinajstić information content (AvgIpc) is 2.75. The molecule has 0 spiro atoms. The number of unbranched alkanes of at least 4 members (excludes halogenated alkanes) is 2. The third-order valence-electron chi connectivity index (χ3n) is 6.62. The number of hydrogen-bond acceptors (Lipinski definition) is 1. The lowest BCUT2D eigenvalue weighted by atomic mass is 9.76. The van der Waals surface area contributed by atoms with Crippen molar-refractivity contribution in [2.45, 2.75) is 84.0 Å². The quantitative estimate of drug-likeness (QED) is 0.441. The zero-order chi connectivity index (χ0) is 20.6. The van der Waals surface area contributed by atoms with Crippen molar-refractivity contribution < 1.29 is 9.90 Å². The highest BCUT2D eigenvalue weighted by molar-refractivity contribution is 5.96. The zero-order valence-corrected chi connectivity index (χ0v) is 18.1. The summed E-state index contributed by atoms with van der Waals surface area (Å²) < 4.78 is 0. The van der Waals surface area contributed by atoms with Crippen molar-refractivity contribution in [2.75, 3.05) is 0 Å². The van der Waals surface area contributed by atoms with E-state index in [1.165, 1.54) is 68.9 Å². The number of rotatable bonds is 9. The van der Waals surface area contributed by atoms with Crippen LogP contribution in [0.1, 0.15) is 99.0 Å². The highest BCUT2D eigenvalue weighted by Crippen LogP contribution is 2.39. The molecule has 0 aliphatic heterocycles. The largest absolute Gasteiger partial charge is 0.478 e. The average molecular weight is 393 g/mol. The van der Waals surface area contributed by atoms with Crippen LogP contribution in [0.4, 0.5) is 0 Å². The van der Waals surface area contributed by atoms with Gasteiger partial charge in [-0.05, 0) is 78.7 Å². The molecule has 2 aromatic rings. The van der Waals surface area contributed by atoms with Crippen molar-refractivity contribution in [3.8, 4) is 11.1 Å². The number of carboxylic acid groups (broad SMARTS) is 1. The Balaban J connectivity index is 1.80. The van der Waals surface area contributed by atoms with E-state index >= 15 is 0 Å². The minimum Gasteiger partial charge on any atom is -0.478 e. The summed E-state index contributed by atoms with van der Waals surface area (Å²) in [5.74, 6) is 0.609. The molecule has 1 N–H and O–H groups in total. The molecule has 0 radical (unpaired) electrons. The van der Waals surface area contributed by atoms with Crippen LogP contribution in [0.5, 0.6) is 0 Å². The molecule has 2 aromatic carbocycles. The molecule has 0 amide bonds. The van der Waals surface area contributed by atoms with Crippen LogP contribution in [-0.2, 0) is 6.42 Å². The van der Waals surface area contributed by atoms with Gasteiger partial charge >= 0.3 is 5.97 Å². The van der Waals surface area contributed by atoms with Crippen molar-refractivity contribution in [3.63, 3.8) is 0 Å². The van der Waals surface area contributed by atoms with Gasteiger partial charge in [0.2, 0.25) is 0 Å². The number of carbonyl (C=O) groups is 1. The lowest BCUT2D eigenvalue weighted by Crippen LogP contribution is -2.13. The van der Waals surface area contributed by atoms with Crippen molar-refractivity contribution in [3.05, 3.63) is 59.2 Å². The second-order valence-electron chi connectivity index (χ2n) is 8.77. The highest BCUT2D eigenvalue weighted by Gasteiger charge is 2.23. The second kappa shape index (κ2) is 10.6. The summed E-state index contributed by atoms with van der Waals surface area (Å²) >= 11 is 0. The highest BCUT2D eigenvalue weighted by atomic mass is 16.4. The van der Waals surface area contributed by atoms with E-state index in [2.05, 4.69) is 50.2 Å². The standard InChI is InChI=1S/C27H36O2/c1-3-5-6-8-21-11-15-23(16-12-21)26-19-24(17-18-25(26)27(28)29)22-13-9-20(7-4-2)10-14-22/h11-12,15-20,22H,3-10,13-14H2,1-2H3,(H,28,29). The Kier molecular flexibility index (Phi) is 7.91. The summed E-state index contributed by atoms with van der Waals surface area (Å²) in [6.07, 6.45) is 12.5. The SMILES string of the molecule is CCCCCc1ccc(-c2cc(C3CCC(CCC)CC3)ccc2C(=O)O)cc1. The van der Waals surface area contributed by atoms with Gasteiger partial charge in [-0.3, -0.25) is 0 Å². The Bertz CT molecular complexity index is 783. The van der Waals surface area contributed by atoms with Crippen LogP contribution in [-0.4, -0.2) is 11.1 Å². The predicted octanol–water partition coefficient (Wildman–Crippen LogP) is 7.86. The summed E-state index contributed by atoms with van der Waals surface area (Å²) in [5.41, 5.74) is 4.94. The predicted molar refractivity (Wildman–Crippen MR) is 122 cm³/mol. The van der Waals surface area contributed by atoms with Gasteiger partial charge in [0.05, 0.1) is 5.56 Å². The molecule has 156 valence electrons. The Hall–Kier alpha value is -2.09. The molecule has 0 heterocycles. The smallest absolute Gasteiger partial charge is 0.336 e. The maximum Gasteiger partial charge on any atom is 0.336 e. The van der Waals surface area contributed by atoms with Crippen molar-refractivity contribution in [1.82, 2.24) is 0 Å². The van der Waals surface area contributed by atoms with E-state index in [1.54, 1.807) is 0 Å². The summed E-state index contributed by atoms with van der Waals surface area (Å²) in [4.78, 5) is 11.8. The fourth-order valence-corrected chi connectivity index (χ4v) is 4.86. The number of carboxylic acids is 1. The Morgan fingerprint density at radius 2 is 1.66 bits per heavy atom. The summed E-state index contributed by atoms with van der Waals surface area (Å²) in [6.45, 7) is 4.50. The Morgan fingerprint density at radius 1 is 0.931 bits per heavy atom. The molecule has 1 aliphatic rings. The first-order chi connectivity index (χ1) is 14.1. The third-order valence-corrected chi connectivity index (χ3v) is 6.62.